The molecule has 1 aromatic rings. The largest absolute Gasteiger partial charge is 0.394 e. The van der Waals surface area contributed by atoms with Gasteiger partial charge in [0.05, 0.1) is 18.7 Å². The van der Waals surface area contributed by atoms with Crippen molar-refractivity contribution in [1.29, 1.82) is 0 Å². The van der Waals surface area contributed by atoms with Crippen LogP contribution in [0.3, 0.4) is 0 Å². The SMILES string of the molecule is CS[C@H]1C[C@@H](N)C(=O)N([C@@H](CO)c2ccccc2)C1. The van der Waals surface area contributed by atoms with E-state index in [2.05, 4.69) is 0 Å². The standard InChI is InChI=1S/C14H20N2O2S/c1-19-11-7-12(15)14(18)16(8-11)13(9-17)10-5-3-2-4-6-10/h2-6,11-13,17H,7-9,15H2,1H3/t11-,12+,13-/m0/s1. The number of benzene rings is 1. The van der Waals surface area contributed by atoms with Crippen molar-refractivity contribution >= 4 is 17.7 Å². The molecule has 1 amide bonds. The highest BCUT2D eigenvalue weighted by Crippen LogP contribution is 2.28. The van der Waals surface area contributed by atoms with E-state index in [9.17, 15) is 9.90 Å². The second-order valence-electron chi connectivity index (χ2n) is 4.80. The molecule has 5 heteroatoms. The normalized spacial score (nSPS) is 25.4. The first-order valence-corrected chi connectivity index (χ1v) is 7.70. The molecule has 1 aliphatic heterocycles. The fourth-order valence-corrected chi connectivity index (χ4v) is 3.20. The molecule has 0 radical (unpaired) electrons. The highest BCUT2D eigenvalue weighted by Gasteiger charge is 2.35. The quantitative estimate of drug-likeness (QED) is 0.864. The van der Waals surface area contributed by atoms with Gasteiger partial charge in [0.2, 0.25) is 5.91 Å². The van der Waals surface area contributed by atoms with Gasteiger partial charge in [-0.25, -0.2) is 0 Å². The zero-order chi connectivity index (χ0) is 13.8. The van der Waals surface area contributed by atoms with Crippen molar-refractivity contribution in [2.45, 2.75) is 23.8 Å². The Morgan fingerprint density at radius 3 is 2.74 bits per heavy atom. The third-order valence-electron chi connectivity index (χ3n) is 3.58. The van der Waals surface area contributed by atoms with E-state index in [0.717, 1.165) is 5.56 Å². The molecule has 2 rings (SSSR count). The van der Waals surface area contributed by atoms with Crippen molar-refractivity contribution in [2.24, 2.45) is 5.73 Å². The molecular formula is C14H20N2O2S. The zero-order valence-corrected chi connectivity index (χ0v) is 11.8. The van der Waals surface area contributed by atoms with Crippen molar-refractivity contribution in [3.63, 3.8) is 0 Å². The molecular weight excluding hydrogens is 260 g/mol. The van der Waals surface area contributed by atoms with Crippen LogP contribution < -0.4 is 5.73 Å². The summed E-state index contributed by atoms with van der Waals surface area (Å²) in [5.74, 6) is -0.0618. The van der Waals surface area contributed by atoms with Gasteiger partial charge in [-0.2, -0.15) is 11.8 Å². The van der Waals surface area contributed by atoms with Crippen molar-refractivity contribution in [2.75, 3.05) is 19.4 Å². The number of rotatable bonds is 4. The van der Waals surface area contributed by atoms with Gasteiger partial charge in [0.25, 0.3) is 0 Å². The molecule has 0 spiro atoms. The predicted molar refractivity (Wildman–Crippen MR) is 77.9 cm³/mol. The van der Waals surface area contributed by atoms with E-state index in [4.69, 9.17) is 5.73 Å². The van der Waals surface area contributed by atoms with Crippen molar-refractivity contribution in [3.8, 4) is 0 Å². The average molecular weight is 280 g/mol. The van der Waals surface area contributed by atoms with Crippen molar-refractivity contribution in [1.82, 2.24) is 4.90 Å². The summed E-state index contributed by atoms with van der Waals surface area (Å²) in [6, 6.07) is 8.87. The van der Waals surface area contributed by atoms with E-state index in [1.807, 2.05) is 36.6 Å². The number of nitrogens with two attached hydrogens (primary N) is 1. The Labute approximate surface area is 118 Å². The van der Waals surface area contributed by atoms with Crippen LogP contribution in [-0.2, 0) is 4.79 Å². The molecule has 3 atom stereocenters. The van der Waals surface area contributed by atoms with Gasteiger partial charge in [0.15, 0.2) is 0 Å². The number of nitrogens with zero attached hydrogens (tertiary/aromatic N) is 1. The van der Waals surface area contributed by atoms with Crippen LogP contribution in [0, 0.1) is 0 Å². The smallest absolute Gasteiger partial charge is 0.240 e. The summed E-state index contributed by atoms with van der Waals surface area (Å²) >= 11 is 1.72. The number of hydrogen-bond donors (Lipinski definition) is 2. The van der Waals surface area contributed by atoms with E-state index in [1.54, 1.807) is 16.7 Å². The van der Waals surface area contributed by atoms with Crippen LogP contribution in [0.15, 0.2) is 30.3 Å². The summed E-state index contributed by atoms with van der Waals surface area (Å²) in [4.78, 5) is 14.0. The number of aliphatic hydroxyl groups excluding tert-OH is 1. The molecule has 0 saturated carbocycles. The first kappa shape index (κ1) is 14.4. The third kappa shape index (κ3) is 3.11. The molecule has 104 valence electrons. The lowest BCUT2D eigenvalue weighted by Gasteiger charge is -2.39. The van der Waals surface area contributed by atoms with Crippen molar-refractivity contribution < 1.29 is 9.90 Å². The summed E-state index contributed by atoms with van der Waals surface area (Å²) in [7, 11) is 0. The highest BCUT2D eigenvalue weighted by molar-refractivity contribution is 7.99. The fraction of sp³-hybridized carbons (Fsp3) is 0.500. The van der Waals surface area contributed by atoms with Crippen molar-refractivity contribution in [3.05, 3.63) is 35.9 Å². The zero-order valence-electron chi connectivity index (χ0n) is 11.0. The Morgan fingerprint density at radius 2 is 2.16 bits per heavy atom. The van der Waals surface area contributed by atoms with E-state index >= 15 is 0 Å². The van der Waals surface area contributed by atoms with Gasteiger partial charge in [-0.15, -0.1) is 0 Å². The molecule has 1 saturated heterocycles. The molecule has 3 N–H and O–H groups in total. The van der Waals surface area contributed by atoms with Gasteiger partial charge in [-0.05, 0) is 18.2 Å². The molecule has 0 bridgehead atoms. The molecule has 19 heavy (non-hydrogen) atoms. The monoisotopic (exact) mass is 280 g/mol. The maximum Gasteiger partial charge on any atom is 0.240 e. The van der Waals surface area contributed by atoms with Crippen LogP contribution in [0.2, 0.25) is 0 Å². The van der Waals surface area contributed by atoms with Crippen LogP contribution in [0.1, 0.15) is 18.0 Å². The highest BCUT2D eigenvalue weighted by atomic mass is 32.2. The number of piperidine rings is 1. The van der Waals surface area contributed by atoms with Gasteiger partial charge in [-0.3, -0.25) is 4.79 Å². The molecule has 4 nitrogen and oxygen atoms in total. The van der Waals surface area contributed by atoms with E-state index < -0.39 is 6.04 Å². The Hall–Kier alpha value is -1.04. The molecule has 0 unspecified atom stereocenters. The second-order valence-corrected chi connectivity index (χ2v) is 5.94. The van der Waals surface area contributed by atoms with E-state index in [-0.39, 0.29) is 18.6 Å². The lowest BCUT2D eigenvalue weighted by atomic mass is 9.99. The van der Waals surface area contributed by atoms with Gasteiger partial charge in [-0.1, -0.05) is 30.3 Å². The van der Waals surface area contributed by atoms with Gasteiger partial charge < -0.3 is 15.7 Å². The fourth-order valence-electron chi connectivity index (χ4n) is 2.49. The second kappa shape index (κ2) is 6.41. The van der Waals surface area contributed by atoms with Crippen LogP contribution in [0.4, 0.5) is 0 Å². The number of aliphatic hydroxyl groups is 1. The Balaban J connectivity index is 2.23. The Bertz CT molecular complexity index is 427. The molecule has 1 fully saturated rings. The number of carbonyl (C=O) groups is 1. The molecule has 1 heterocycles. The lowest BCUT2D eigenvalue weighted by Crippen LogP contribution is -2.54. The number of likely N-dealkylation sites (tertiary alicyclic amines) is 1. The first-order chi connectivity index (χ1) is 9.17. The van der Waals surface area contributed by atoms with Gasteiger partial charge >= 0.3 is 0 Å². The summed E-state index contributed by atoms with van der Waals surface area (Å²) in [6.45, 7) is 0.567. The van der Waals surface area contributed by atoms with Crippen LogP contribution in [0.25, 0.3) is 0 Å². The summed E-state index contributed by atoms with van der Waals surface area (Å²) in [5, 5.41) is 9.99. The molecule has 0 aliphatic carbocycles. The average Bonchev–Trinajstić information content (AvgIpc) is 2.45. The van der Waals surface area contributed by atoms with Gasteiger partial charge in [0, 0.05) is 11.8 Å². The number of hydrogen-bond acceptors (Lipinski definition) is 4. The topological polar surface area (TPSA) is 66.6 Å². The predicted octanol–water partition coefficient (Wildman–Crippen LogP) is 1.01. The molecule has 1 aliphatic rings. The Morgan fingerprint density at radius 1 is 1.47 bits per heavy atom. The molecule has 1 aromatic carbocycles. The minimum absolute atomic E-state index is 0.0618. The van der Waals surface area contributed by atoms with Crippen LogP contribution >= 0.6 is 11.8 Å². The maximum absolute atomic E-state index is 12.2. The van der Waals surface area contributed by atoms with Crippen LogP contribution in [-0.4, -0.2) is 46.6 Å². The number of amides is 1. The lowest BCUT2D eigenvalue weighted by molar-refractivity contribution is -0.138. The Kier molecular flexibility index (Phi) is 4.85. The van der Waals surface area contributed by atoms with E-state index in [1.165, 1.54) is 0 Å². The summed E-state index contributed by atoms with van der Waals surface area (Å²) in [5.41, 5.74) is 6.87. The summed E-state index contributed by atoms with van der Waals surface area (Å²) < 4.78 is 0. The number of carbonyl (C=O) groups excluding carboxylic acids is 1. The van der Waals surface area contributed by atoms with Gasteiger partial charge in [0.1, 0.15) is 0 Å². The minimum Gasteiger partial charge on any atom is -0.394 e. The first-order valence-electron chi connectivity index (χ1n) is 6.42. The van der Waals surface area contributed by atoms with Crippen LogP contribution in [0.5, 0.6) is 0 Å². The molecule has 0 aromatic heterocycles. The van der Waals surface area contributed by atoms with E-state index in [0.29, 0.717) is 18.2 Å². The summed E-state index contributed by atoms with van der Waals surface area (Å²) in [6.07, 6.45) is 2.74. The maximum atomic E-state index is 12.2. The third-order valence-corrected chi connectivity index (χ3v) is 4.59. The minimum atomic E-state index is -0.455. The number of thioether (sulfide) groups is 1.